The first kappa shape index (κ1) is 21.1. The molecule has 7 heteroatoms. The van der Waals surface area contributed by atoms with Crippen LogP contribution in [0.4, 0.5) is 0 Å². The molecular formula is C18H30N2O5. The molecule has 0 aromatic carbocycles. The predicted octanol–water partition coefficient (Wildman–Crippen LogP) is 2.63. The highest BCUT2D eigenvalue weighted by Gasteiger charge is 2.32. The van der Waals surface area contributed by atoms with Gasteiger partial charge in [-0.2, -0.15) is 0 Å². The SMILES string of the molecule is CC(=O)NCCCCCCCCCCCC(=O)ON1C(=O)CCC1=O. The molecule has 0 atom stereocenters. The molecule has 1 aliphatic rings. The van der Waals surface area contributed by atoms with E-state index in [9.17, 15) is 19.2 Å². The highest BCUT2D eigenvalue weighted by molar-refractivity contribution is 6.01. The van der Waals surface area contributed by atoms with Gasteiger partial charge >= 0.3 is 5.97 Å². The molecule has 25 heavy (non-hydrogen) atoms. The Morgan fingerprint density at radius 2 is 1.36 bits per heavy atom. The molecule has 0 radical (unpaired) electrons. The molecule has 1 fully saturated rings. The summed E-state index contributed by atoms with van der Waals surface area (Å²) in [4.78, 5) is 49.7. The van der Waals surface area contributed by atoms with Gasteiger partial charge in [0, 0.05) is 32.7 Å². The van der Waals surface area contributed by atoms with Crippen molar-refractivity contribution in [2.24, 2.45) is 0 Å². The fourth-order valence-corrected chi connectivity index (χ4v) is 2.70. The lowest BCUT2D eigenvalue weighted by Crippen LogP contribution is -2.31. The third kappa shape index (κ3) is 9.84. The Labute approximate surface area is 149 Å². The lowest BCUT2D eigenvalue weighted by atomic mass is 10.1. The zero-order chi connectivity index (χ0) is 18.5. The van der Waals surface area contributed by atoms with Crippen LogP contribution in [-0.4, -0.2) is 35.3 Å². The van der Waals surface area contributed by atoms with Crippen LogP contribution in [0.3, 0.4) is 0 Å². The van der Waals surface area contributed by atoms with Crippen LogP contribution in [0.15, 0.2) is 0 Å². The highest BCUT2D eigenvalue weighted by Crippen LogP contribution is 2.14. The van der Waals surface area contributed by atoms with Gasteiger partial charge in [0.2, 0.25) is 5.91 Å². The quantitative estimate of drug-likeness (QED) is 0.405. The molecule has 0 bridgehead atoms. The van der Waals surface area contributed by atoms with Crippen molar-refractivity contribution < 1.29 is 24.0 Å². The smallest absolute Gasteiger partial charge is 0.333 e. The van der Waals surface area contributed by atoms with Crippen molar-refractivity contribution in [3.05, 3.63) is 0 Å². The van der Waals surface area contributed by atoms with Gasteiger partial charge in [0.25, 0.3) is 11.8 Å². The first-order valence-corrected chi connectivity index (χ1v) is 9.31. The molecule has 1 aliphatic heterocycles. The summed E-state index contributed by atoms with van der Waals surface area (Å²) in [6.45, 7) is 2.30. The van der Waals surface area contributed by atoms with Gasteiger partial charge in [-0.15, -0.1) is 5.06 Å². The zero-order valence-electron chi connectivity index (χ0n) is 15.2. The van der Waals surface area contributed by atoms with Crippen molar-refractivity contribution in [3.8, 4) is 0 Å². The molecule has 1 rings (SSSR count). The Morgan fingerprint density at radius 1 is 0.880 bits per heavy atom. The Morgan fingerprint density at radius 3 is 1.88 bits per heavy atom. The summed E-state index contributed by atoms with van der Waals surface area (Å²) >= 11 is 0. The van der Waals surface area contributed by atoms with Gasteiger partial charge in [-0.05, 0) is 12.8 Å². The van der Waals surface area contributed by atoms with Gasteiger partial charge in [0.1, 0.15) is 0 Å². The maximum atomic E-state index is 11.6. The van der Waals surface area contributed by atoms with Crippen LogP contribution in [0.2, 0.25) is 0 Å². The topological polar surface area (TPSA) is 92.8 Å². The minimum Gasteiger partial charge on any atom is -0.356 e. The average Bonchev–Trinajstić information content (AvgIpc) is 2.87. The fourth-order valence-electron chi connectivity index (χ4n) is 2.70. The Kier molecular flexibility index (Phi) is 10.5. The van der Waals surface area contributed by atoms with Gasteiger partial charge in [0.15, 0.2) is 0 Å². The molecule has 3 amide bonds. The average molecular weight is 354 g/mol. The monoisotopic (exact) mass is 354 g/mol. The van der Waals surface area contributed by atoms with Crippen LogP contribution in [0, 0.1) is 0 Å². The second kappa shape index (κ2) is 12.4. The molecule has 0 aromatic rings. The number of carbonyl (C=O) groups is 4. The minimum absolute atomic E-state index is 0.0301. The first-order valence-electron chi connectivity index (χ1n) is 9.31. The molecular weight excluding hydrogens is 324 g/mol. The molecule has 0 aromatic heterocycles. The molecule has 7 nitrogen and oxygen atoms in total. The summed E-state index contributed by atoms with van der Waals surface area (Å²) in [5.41, 5.74) is 0. The predicted molar refractivity (Wildman–Crippen MR) is 92.0 cm³/mol. The van der Waals surface area contributed by atoms with Crippen molar-refractivity contribution in [3.63, 3.8) is 0 Å². The second-order valence-corrected chi connectivity index (χ2v) is 6.46. The van der Waals surface area contributed by atoms with Crippen molar-refractivity contribution in [1.29, 1.82) is 0 Å². The van der Waals surface area contributed by atoms with E-state index in [-0.39, 0.29) is 25.2 Å². The van der Waals surface area contributed by atoms with E-state index >= 15 is 0 Å². The molecule has 1 heterocycles. The number of unbranched alkanes of at least 4 members (excludes halogenated alkanes) is 8. The molecule has 1 saturated heterocycles. The highest BCUT2D eigenvalue weighted by atomic mass is 16.7. The number of nitrogens with one attached hydrogen (secondary N) is 1. The lowest BCUT2D eigenvalue weighted by molar-refractivity contribution is -0.197. The summed E-state index contributed by atoms with van der Waals surface area (Å²) in [5, 5.41) is 3.40. The number of rotatable bonds is 13. The van der Waals surface area contributed by atoms with Crippen LogP contribution in [0.25, 0.3) is 0 Å². The largest absolute Gasteiger partial charge is 0.356 e. The van der Waals surface area contributed by atoms with E-state index < -0.39 is 17.8 Å². The summed E-state index contributed by atoms with van der Waals surface area (Å²) in [7, 11) is 0. The van der Waals surface area contributed by atoms with Gasteiger partial charge < -0.3 is 10.2 Å². The summed E-state index contributed by atoms with van der Waals surface area (Å²) < 4.78 is 0. The maximum Gasteiger partial charge on any atom is 0.333 e. The van der Waals surface area contributed by atoms with Crippen molar-refractivity contribution in [2.45, 2.75) is 84.0 Å². The molecule has 142 valence electrons. The van der Waals surface area contributed by atoms with E-state index in [1.807, 2.05) is 0 Å². The number of hydrogen-bond donors (Lipinski definition) is 1. The standard InChI is InChI=1S/C18H30N2O5/c1-15(21)19-14-10-8-6-4-2-3-5-7-9-11-18(24)25-20-16(22)12-13-17(20)23/h2-14H2,1H3,(H,19,21). The summed E-state index contributed by atoms with van der Waals surface area (Å²) in [6.07, 6.45) is 10.1. The maximum absolute atomic E-state index is 11.6. The molecule has 1 N–H and O–H groups in total. The molecule has 0 aliphatic carbocycles. The normalized spacial score (nSPS) is 14.0. The van der Waals surface area contributed by atoms with Crippen molar-refractivity contribution in [2.75, 3.05) is 6.54 Å². The number of nitrogens with zero attached hydrogens (tertiary/aromatic N) is 1. The Balaban J connectivity index is 1.87. The molecule has 0 spiro atoms. The number of carbonyl (C=O) groups excluding carboxylic acids is 4. The van der Waals surface area contributed by atoms with Crippen LogP contribution >= 0.6 is 0 Å². The van der Waals surface area contributed by atoms with Gasteiger partial charge in [-0.1, -0.05) is 44.9 Å². The van der Waals surface area contributed by atoms with Crippen LogP contribution in [0.5, 0.6) is 0 Å². The minimum atomic E-state index is -0.511. The van der Waals surface area contributed by atoms with Gasteiger partial charge in [0.05, 0.1) is 0 Å². The number of hydroxylamine groups is 2. The van der Waals surface area contributed by atoms with E-state index in [0.717, 1.165) is 38.6 Å². The number of amides is 3. The zero-order valence-corrected chi connectivity index (χ0v) is 15.2. The van der Waals surface area contributed by atoms with E-state index in [1.54, 1.807) is 0 Å². The first-order chi connectivity index (χ1) is 12.0. The van der Waals surface area contributed by atoms with Crippen LogP contribution in [0.1, 0.15) is 84.0 Å². The van der Waals surface area contributed by atoms with E-state index in [0.29, 0.717) is 11.5 Å². The molecule has 0 saturated carbocycles. The lowest BCUT2D eigenvalue weighted by Gasteiger charge is -2.12. The number of imide groups is 1. The van der Waals surface area contributed by atoms with Crippen LogP contribution < -0.4 is 5.32 Å². The van der Waals surface area contributed by atoms with Crippen molar-refractivity contribution >= 4 is 23.7 Å². The van der Waals surface area contributed by atoms with Gasteiger partial charge in [-0.25, -0.2) is 4.79 Å². The number of hydrogen-bond acceptors (Lipinski definition) is 5. The summed E-state index contributed by atoms with van der Waals surface area (Å²) in [6, 6.07) is 0. The Hall–Kier alpha value is -1.92. The third-order valence-corrected chi connectivity index (χ3v) is 4.13. The third-order valence-electron chi connectivity index (χ3n) is 4.13. The summed E-state index contributed by atoms with van der Waals surface area (Å²) in [5.74, 6) is -1.35. The Bertz CT molecular complexity index is 448. The molecule has 0 unspecified atom stereocenters. The fraction of sp³-hybridized carbons (Fsp3) is 0.778. The second-order valence-electron chi connectivity index (χ2n) is 6.46. The van der Waals surface area contributed by atoms with Gasteiger partial charge in [-0.3, -0.25) is 14.4 Å². The van der Waals surface area contributed by atoms with Crippen LogP contribution in [-0.2, 0) is 24.0 Å². The van der Waals surface area contributed by atoms with E-state index in [4.69, 9.17) is 4.84 Å². The van der Waals surface area contributed by atoms with Crippen molar-refractivity contribution in [1.82, 2.24) is 10.4 Å². The van der Waals surface area contributed by atoms with E-state index in [1.165, 1.54) is 26.2 Å². The van der Waals surface area contributed by atoms with E-state index in [2.05, 4.69) is 5.32 Å².